The number of esters is 1. The van der Waals surface area contributed by atoms with Crippen molar-refractivity contribution in [2.24, 2.45) is 5.92 Å². The number of aryl methyl sites for hydroxylation is 1. The fourth-order valence-corrected chi connectivity index (χ4v) is 3.34. The zero-order valence-corrected chi connectivity index (χ0v) is 17.2. The Bertz CT molecular complexity index is 911. The van der Waals surface area contributed by atoms with Crippen molar-refractivity contribution < 1.29 is 19.1 Å². The molecule has 3 rings (SSSR count). The van der Waals surface area contributed by atoms with Crippen molar-refractivity contribution in [3.8, 4) is 0 Å². The van der Waals surface area contributed by atoms with Gasteiger partial charge in [-0.05, 0) is 30.7 Å². The predicted octanol–water partition coefficient (Wildman–Crippen LogP) is 1.80. The van der Waals surface area contributed by atoms with Crippen LogP contribution in [0, 0.1) is 12.8 Å². The summed E-state index contributed by atoms with van der Waals surface area (Å²) >= 11 is 3.45. The Morgan fingerprint density at radius 2 is 2.18 bits per heavy atom. The number of methoxy groups -OCH3 is 1. The van der Waals surface area contributed by atoms with Gasteiger partial charge in [-0.25, -0.2) is 4.98 Å². The second kappa shape index (κ2) is 8.55. The highest BCUT2D eigenvalue weighted by atomic mass is 79.9. The van der Waals surface area contributed by atoms with Crippen LogP contribution in [0.5, 0.6) is 0 Å². The Balaban J connectivity index is 1.60. The fourth-order valence-electron chi connectivity index (χ4n) is 3.09. The molecule has 0 spiro atoms. The predicted molar refractivity (Wildman–Crippen MR) is 105 cm³/mol. The molecular weight excluding hydrogens is 428 g/mol. The fraction of sp³-hybridized carbons (Fsp3) is 0.368. The molecule has 9 heteroatoms. The minimum absolute atomic E-state index is 0.0281. The number of aromatic nitrogens is 2. The third kappa shape index (κ3) is 4.41. The lowest BCUT2D eigenvalue weighted by molar-refractivity contribution is -0.141. The smallest absolute Gasteiger partial charge is 0.325 e. The Morgan fingerprint density at radius 3 is 2.89 bits per heavy atom. The van der Waals surface area contributed by atoms with Crippen LogP contribution in [0.25, 0.3) is 0 Å². The van der Waals surface area contributed by atoms with Crippen LogP contribution in [0.3, 0.4) is 0 Å². The Kier molecular flexibility index (Phi) is 6.13. The van der Waals surface area contributed by atoms with Crippen LogP contribution in [0.15, 0.2) is 35.1 Å². The molecule has 2 aromatic rings. The molecule has 0 aliphatic carbocycles. The molecule has 2 heterocycles. The van der Waals surface area contributed by atoms with E-state index in [-0.39, 0.29) is 31.3 Å². The number of anilines is 1. The van der Waals surface area contributed by atoms with E-state index in [1.165, 1.54) is 7.11 Å². The molecule has 148 valence electrons. The molecule has 2 amide bonds. The maximum absolute atomic E-state index is 12.5. The van der Waals surface area contributed by atoms with Crippen LogP contribution in [-0.4, -0.2) is 41.0 Å². The van der Waals surface area contributed by atoms with Gasteiger partial charge in [0.1, 0.15) is 12.4 Å². The highest BCUT2D eigenvalue weighted by Gasteiger charge is 2.35. The van der Waals surface area contributed by atoms with E-state index >= 15 is 0 Å². The lowest BCUT2D eigenvalue weighted by Crippen LogP contribution is -2.33. The van der Waals surface area contributed by atoms with E-state index < -0.39 is 11.9 Å². The standard InChI is InChI=1S/C19H21BrN4O4/c1-12-7-14(3-4-15(12)20)24-10-13(8-17(24)25)19(27)22-9-16-21-5-6-23(16)11-18(26)28-2/h3-7,13H,8-11H2,1-2H3,(H,22,27)/t13-/m1/s1. The number of rotatable bonds is 6. The van der Waals surface area contributed by atoms with E-state index in [4.69, 9.17) is 0 Å². The highest BCUT2D eigenvalue weighted by Crippen LogP contribution is 2.28. The van der Waals surface area contributed by atoms with Gasteiger partial charge >= 0.3 is 5.97 Å². The summed E-state index contributed by atoms with van der Waals surface area (Å²) in [7, 11) is 1.32. The Morgan fingerprint density at radius 1 is 1.39 bits per heavy atom. The van der Waals surface area contributed by atoms with E-state index in [1.807, 2.05) is 25.1 Å². The van der Waals surface area contributed by atoms with Crippen LogP contribution in [0.4, 0.5) is 5.69 Å². The third-order valence-corrected chi connectivity index (χ3v) is 5.59. The van der Waals surface area contributed by atoms with Crippen LogP contribution in [-0.2, 0) is 32.2 Å². The van der Waals surface area contributed by atoms with E-state index in [9.17, 15) is 14.4 Å². The number of ether oxygens (including phenoxy) is 1. The minimum atomic E-state index is -0.430. The SMILES string of the molecule is COC(=O)Cn1ccnc1CNC(=O)[C@@H]1CC(=O)N(c2ccc(Br)c(C)c2)C1. The zero-order chi connectivity index (χ0) is 20.3. The molecular formula is C19H21BrN4O4. The molecule has 0 saturated carbocycles. The minimum Gasteiger partial charge on any atom is -0.468 e. The van der Waals surface area contributed by atoms with Crippen molar-refractivity contribution in [3.05, 3.63) is 46.5 Å². The maximum Gasteiger partial charge on any atom is 0.325 e. The second-order valence-corrected chi connectivity index (χ2v) is 7.46. The van der Waals surface area contributed by atoms with E-state index in [2.05, 4.69) is 31.0 Å². The lowest BCUT2D eigenvalue weighted by Gasteiger charge is -2.17. The normalized spacial score (nSPS) is 16.3. The number of halogens is 1. The maximum atomic E-state index is 12.5. The van der Waals surface area contributed by atoms with Crippen molar-refractivity contribution in [1.82, 2.24) is 14.9 Å². The summed E-state index contributed by atoms with van der Waals surface area (Å²) in [5, 5.41) is 2.81. The molecule has 1 N–H and O–H groups in total. The van der Waals surface area contributed by atoms with Gasteiger partial charge in [-0.1, -0.05) is 15.9 Å². The molecule has 0 radical (unpaired) electrons. The molecule has 1 aliphatic rings. The van der Waals surface area contributed by atoms with Gasteiger partial charge in [0.2, 0.25) is 11.8 Å². The first-order valence-corrected chi connectivity index (χ1v) is 9.59. The van der Waals surface area contributed by atoms with Crippen molar-refractivity contribution in [1.29, 1.82) is 0 Å². The number of carbonyl (C=O) groups excluding carboxylic acids is 3. The number of hydrogen-bond acceptors (Lipinski definition) is 5. The van der Waals surface area contributed by atoms with E-state index in [1.54, 1.807) is 21.9 Å². The molecule has 0 bridgehead atoms. The number of hydrogen-bond donors (Lipinski definition) is 1. The lowest BCUT2D eigenvalue weighted by atomic mass is 10.1. The van der Waals surface area contributed by atoms with Gasteiger partial charge in [0.05, 0.1) is 19.6 Å². The van der Waals surface area contributed by atoms with Crippen molar-refractivity contribution in [3.63, 3.8) is 0 Å². The van der Waals surface area contributed by atoms with Gasteiger partial charge < -0.3 is 19.5 Å². The summed E-state index contributed by atoms with van der Waals surface area (Å²) in [6.45, 7) is 2.49. The van der Waals surface area contributed by atoms with Crippen LogP contribution >= 0.6 is 15.9 Å². The summed E-state index contributed by atoms with van der Waals surface area (Å²) in [5.41, 5.74) is 1.81. The Hall–Kier alpha value is -2.68. The summed E-state index contributed by atoms with van der Waals surface area (Å²) in [6, 6.07) is 5.68. The van der Waals surface area contributed by atoms with Gasteiger partial charge in [-0.2, -0.15) is 0 Å². The monoisotopic (exact) mass is 448 g/mol. The quantitative estimate of drug-likeness (QED) is 0.679. The molecule has 8 nitrogen and oxygen atoms in total. The van der Waals surface area contributed by atoms with Gasteiger partial charge in [-0.3, -0.25) is 14.4 Å². The van der Waals surface area contributed by atoms with Gasteiger partial charge in [-0.15, -0.1) is 0 Å². The molecule has 0 unspecified atom stereocenters. The van der Waals surface area contributed by atoms with E-state index in [0.29, 0.717) is 12.4 Å². The van der Waals surface area contributed by atoms with E-state index in [0.717, 1.165) is 15.7 Å². The zero-order valence-electron chi connectivity index (χ0n) is 15.6. The molecule has 1 aliphatic heterocycles. The first-order valence-electron chi connectivity index (χ1n) is 8.80. The van der Waals surface area contributed by atoms with Gasteiger partial charge in [0, 0.05) is 35.5 Å². The average molecular weight is 449 g/mol. The number of imidazole rings is 1. The molecule has 1 atom stereocenters. The largest absolute Gasteiger partial charge is 0.468 e. The van der Waals surface area contributed by atoms with Gasteiger partial charge in [0.25, 0.3) is 0 Å². The number of carbonyl (C=O) groups is 3. The second-order valence-electron chi connectivity index (χ2n) is 6.60. The van der Waals surface area contributed by atoms with Gasteiger partial charge in [0.15, 0.2) is 0 Å². The van der Waals surface area contributed by atoms with Crippen molar-refractivity contribution in [2.75, 3.05) is 18.6 Å². The Labute approximate surface area is 171 Å². The summed E-state index contributed by atoms with van der Waals surface area (Å²) in [4.78, 5) is 42.2. The van der Waals surface area contributed by atoms with Crippen molar-refractivity contribution >= 4 is 39.4 Å². The third-order valence-electron chi connectivity index (χ3n) is 4.70. The number of nitrogens with one attached hydrogen (secondary N) is 1. The first kappa shape index (κ1) is 20.1. The van der Waals surface area contributed by atoms with Crippen molar-refractivity contribution in [2.45, 2.75) is 26.4 Å². The molecule has 1 saturated heterocycles. The number of benzene rings is 1. The number of amides is 2. The molecule has 1 fully saturated rings. The average Bonchev–Trinajstić information content (AvgIpc) is 3.28. The highest BCUT2D eigenvalue weighted by molar-refractivity contribution is 9.10. The van der Waals surface area contributed by atoms with Crippen LogP contribution < -0.4 is 10.2 Å². The molecule has 1 aromatic carbocycles. The topological polar surface area (TPSA) is 93.5 Å². The number of nitrogens with zero attached hydrogens (tertiary/aromatic N) is 3. The summed E-state index contributed by atoms with van der Waals surface area (Å²) < 4.78 is 7.23. The molecule has 1 aromatic heterocycles. The first-order chi connectivity index (χ1) is 13.4. The molecule has 28 heavy (non-hydrogen) atoms. The summed E-state index contributed by atoms with van der Waals surface area (Å²) in [5.74, 6) is -0.567. The summed E-state index contributed by atoms with van der Waals surface area (Å²) in [6.07, 6.45) is 3.37. The van der Waals surface area contributed by atoms with Crippen LogP contribution in [0.1, 0.15) is 17.8 Å². The van der Waals surface area contributed by atoms with Crippen LogP contribution in [0.2, 0.25) is 0 Å².